The molecule has 1 amide bonds. The van der Waals surface area contributed by atoms with Gasteiger partial charge in [-0.1, -0.05) is 23.4 Å². The van der Waals surface area contributed by atoms with Crippen molar-refractivity contribution in [3.63, 3.8) is 0 Å². The zero-order chi connectivity index (χ0) is 21.1. The maximum atomic E-state index is 12.7. The first-order chi connectivity index (χ1) is 13.8. The first kappa shape index (κ1) is 20.4. The van der Waals surface area contributed by atoms with E-state index >= 15 is 0 Å². The molecular formula is C22H25N3O4. The molecule has 0 radical (unpaired) electrons. The van der Waals surface area contributed by atoms with E-state index in [2.05, 4.69) is 5.16 Å². The monoisotopic (exact) mass is 395 g/mol. The smallest absolute Gasteiger partial charge is 0.340 e. The lowest BCUT2D eigenvalue weighted by Crippen LogP contribution is -2.39. The maximum absolute atomic E-state index is 12.7. The van der Waals surface area contributed by atoms with Gasteiger partial charge in [-0.15, -0.1) is 0 Å². The number of nitrogens with zero attached hydrogens (tertiary/aromatic N) is 3. The molecule has 2 heterocycles. The SMILES string of the molecule is Cc1cc(-n2c(C)cc(C(=O)OCC(=O)N(c3ccccc3)C(C)C)c2C)no1. The van der Waals surface area contributed by atoms with Crippen LogP contribution in [0, 0.1) is 20.8 Å². The molecule has 0 saturated carbocycles. The van der Waals surface area contributed by atoms with Crippen molar-refractivity contribution in [1.82, 2.24) is 9.72 Å². The van der Waals surface area contributed by atoms with Crippen LogP contribution in [-0.4, -0.2) is 34.2 Å². The highest BCUT2D eigenvalue weighted by molar-refractivity contribution is 5.98. The minimum atomic E-state index is -0.547. The van der Waals surface area contributed by atoms with Gasteiger partial charge in [0.25, 0.3) is 5.91 Å². The molecule has 0 N–H and O–H groups in total. The van der Waals surface area contributed by atoms with Gasteiger partial charge in [0.15, 0.2) is 12.4 Å². The van der Waals surface area contributed by atoms with Gasteiger partial charge in [0.1, 0.15) is 5.76 Å². The van der Waals surface area contributed by atoms with E-state index in [9.17, 15) is 9.59 Å². The van der Waals surface area contributed by atoms with Crippen LogP contribution in [0.25, 0.3) is 5.82 Å². The van der Waals surface area contributed by atoms with E-state index in [1.165, 1.54) is 0 Å². The fourth-order valence-electron chi connectivity index (χ4n) is 3.37. The second kappa shape index (κ2) is 8.34. The summed E-state index contributed by atoms with van der Waals surface area (Å²) in [4.78, 5) is 27.0. The predicted molar refractivity (Wildman–Crippen MR) is 109 cm³/mol. The lowest BCUT2D eigenvalue weighted by atomic mass is 10.2. The molecule has 0 aliphatic heterocycles. The summed E-state index contributed by atoms with van der Waals surface area (Å²) in [7, 11) is 0. The lowest BCUT2D eigenvalue weighted by Gasteiger charge is -2.26. The van der Waals surface area contributed by atoms with Crippen LogP contribution in [-0.2, 0) is 9.53 Å². The fourth-order valence-corrected chi connectivity index (χ4v) is 3.37. The summed E-state index contributed by atoms with van der Waals surface area (Å²) in [6.45, 7) is 8.98. The van der Waals surface area contributed by atoms with E-state index in [-0.39, 0.29) is 18.6 Å². The minimum absolute atomic E-state index is 0.0657. The molecule has 152 valence electrons. The number of carbonyl (C=O) groups is 2. The molecule has 0 unspecified atom stereocenters. The number of aromatic nitrogens is 2. The number of aryl methyl sites for hydroxylation is 2. The number of hydrogen-bond acceptors (Lipinski definition) is 5. The topological polar surface area (TPSA) is 77.6 Å². The standard InChI is InChI=1S/C22H25N3O4/c1-14(2)24(18-9-7-6-8-10-18)21(26)13-28-22(27)19-11-15(3)25(17(19)5)20-12-16(4)29-23-20/h6-12,14H,13H2,1-5H3. The Morgan fingerprint density at radius 3 is 2.41 bits per heavy atom. The van der Waals surface area contributed by atoms with Gasteiger partial charge in [-0.2, -0.15) is 0 Å². The van der Waals surface area contributed by atoms with E-state index in [1.807, 2.05) is 55.7 Å². The summed E-state index contributed by atoms with van der Waals surface area (Å²) in [5, 5.41) is 4.01. The third kappa shape index (κ3) is 4.23. The number of amides is 1. The van der Waals surface area contributed by atoms with Crippen molar-refractivity contribution < 1.29 is 18.8 Å². The Kier molecular flexibility index (Phi) is 5.87. The van der Waals surface area contributed by atoms with E-state index in [0.29, 0.717) is 22.8 Å². The largest absolute Gasteiger partial charge is 0.452 e. The average Bonchev–Trinajstić information content (AvgIpc) is 3.22. The molecule has 29 heavy (non-hydrogen) atoms. The molecule has 0 atom stereocenters. The maximum Gasteiger partial charge on any atom is 0.340 e. The van der Waals surface area contributed by atoms with Gasteiger partial charge in [-0.3, -0.25) is 9.36 Å². The van der Waals surface area contributed by atoms with E-state index in [0.717, 1.165) is 11.4 Å². The van der Waals surface area contributed by atoms with Crippen LogP contribution >= 0.6 is 0 Å². The summed E-state index contributed by atoms with van der Waals surface area (Å²) in [5.74, 6) is 0.453. The Bertz CT molecular complexity index is 1020. The van der Waals surface area contributed by atoms with E-state index in [4.69, 9.17) is 9.26 Å². The third-order valence-electron chi connectivity index (χ3n) is 4.64. The van der Waals surface area contributed by atoms with Crippen molar-refractivity contribution in [3.8, 4) is 5.82 Å². The number of carbonyl (C=O) groups excluding carboxylic acids is 2. The molecule has 0 aliphatic carbocycles. The van der Waals surface area contributed by atoms with Gasteiger partial charge in [0.2, 0.25) is 0 Å². The summed E-state index contributed by atoms with van der Waals surface area (Å²) < 4.78 is 12.3. The molecule has 0 saturated heterocycles. The van der Waals surface area contributed by atoms with Gasteiger partial charge in [0, 0.05) is 29.2 Å². The summed E-state index contributed by atoms with van der Waals surface area (Å²) in [6.07, 6.45) is 0. The molecule has 0 fully saturated rings. The quantitative estimate of drug-likeness (QED) is 0.590. The van der Waals surface area contributed by atoms with Crippen molar-refractivity contribution in [2.24, 2.45) is 0 Å². The van der Waals surface area contributed by atoms with Crippen molar-refractivity contribution in [2.75, 3.05) is 11.5 Å². The van der Waals surface area contributed by atoms with Gasteiger partial charge in [-0.25, -0.2) is 4.79 Å². The molecule has 7 heteroatoms. The number of ether oxygens (including phenoxy) is 1. The Labute approximate surface area is 169 Å². The van der Waals surface area contributed by atoms with Crippen LogP contribution < -0.4 is 4.90 Å². The van der Waals surface area contributed by atoms with Gasteiger partial charge < -0.3 is 14.2 Å². The molecule has 0 bridgehead atoms. The molecule has 0 aliphatic rings. The second-order valence-electron chi connectivity index (χ2n) is 7.19. The highest BCUT2D eigenvalue weighted by atomic mass is 16.5. The lowest BCUT2D eigenvalue weighted by molar-refractivity contribution is -0.122. The number of benzene rings is 1. The number of rotatable bonds is 6. The van der Waals surface area contributed by atoms with Gasteiger partial charge >= 0.3 is 5.97 Å². The number of para-hydroxylation sites is 1. The molecule has 3 aromatic rings. The highest BCUT2D eigenvalue weighted by Gasteiger charge is 2.23. The minimum Gasteiger partial charge on any atom is -0.452 e. The van der Waals surface area contributed by atoms with E-state index in [1.54, 1.807) is 30.9 Å². The van der Waals surface area contributed by atoms with E-state index < -0.39 is 5.97 Å². The molecule has 2 aromatic heterocycles. The van der Waals surface area contributed by atoms with Crippen molar-refractivity contribution in [1.29, 1.82) is 0 Å². The number of hydrogen-bond donors (Lipinski definition) is 0. The molecule has 0 spiro atoms. The molecular weight excluding hydrogens is 370 g/mol. The third-order valence-corrected chi connectivity index (χ3v) is 4.64. The predicted octanol–water partition coefficient (Wildman–Crippen LogP) is 3.99. The Morgan fingerprint density at radius 1 is 1.14 bits per heavy atom. The Hall–Kier alpha value is -3.35. The average molecular weight is 395 g/mol. The summed E-state index contributed by atoms with van der Waals surface area (Å²) in [6, 6.07) is 12.8. The van der Waals surface area contributed by atoms with Crippen LogP contribution in [0.4, 0.5) is 5.69 Å². The first-order valence-corrected chi connectivity index (χ1v) is 9.46. The molecule has 1 aromatic carbocycles. The van der Waals surface area contributed by atoms with Crippen molar-refractivity contribution in [2.45, 2.75) is 40.7 Å². The highest BCUT2D eigenvalue weighted by Crippen LogP contribution is 2.22. The summed E-state index contributed by atoms with van der Waals surface area (Å²) >= 11 is 0. The molecule has 7 nitrogen and oxygen atoms in total. The Balaban J connectivity index is 1.75. The Morgan fingerprint density at radius 2 is 1.83 bits per heavy atom. The van der Waals surface area contributed by atoms with Crippen molar-refractivity contribution >= 4 is 17.6 Å². The normalized spacial score (nSPS) is 11.0. The van der Waals surface area contributed by atoms with Crippen LogP contribution in [0.2, 0.25) is 0 Å². The molecule has 3 rings (SSSR count). The number of anilines is 1. The zero-order valence-electron chi connectivity index (χ0n) is 17.3. The van der Waals surface area contributed by atoms with Crippen LogP contribution in [0.5, 0.6) is 0 Å². The van der Waals surface area contributed by atoms with Gasteiger partial charge in [-0.05, 0) is 52.8 Å². The zero-order valence-corrected chi connectivity index (χ0v) is 17.3. The van der Waals surface area contributed by atoms with Crippen LogP contribution in [0.1, 0.15) is 41.4 Å². The van der Waals surface area contributed by atoms with Crippen molar-refractivity contribution in [3.05, 3.63) is 65.2 Å². The summed E-state index contributed by atoms with van der Waals surface area (Å²) in [5.41, 5.74) is 2.66. The van der Waals surface area contributed by atoms with Crippen LogP contribution in [0.15, 0.2) is 47.0 Å². The number of esters is 1. The van der Waals surface area contributed by atoms with Gasteiger partial charge in [0.05, 0.1) is 5.56 Å². The second-order valence-corrected chi connectivity index (χ2v) is 7.19. The first-order valence-electron chi connectivity index (χ1n) is 9.46. The fraction of sp³-hybridized carbons (Fsp3) is 0.318. The van der Waals surface area contributed by atoms with Crippen LogP contribution in [0.3, 0.4) is 0 Å².